The molecular formula is C12H20N4S. The fourth-order valence-corrected chi connectivity index (χ4v) is 2.48. The maximum Gasteiger partial charge on any atom is 0.166 e. The smallest absolute Gasteiger partial charge is 0.166 e. The van der Waals surface area contributed by atoms with E-state index in [-0.39, 0.29) is 0 Å². The summed E-state index contributed by atoms with van der Waals surface area (Å²) in [5.41, 5.74) is 0. The van der Waals surface area contributed by atoms with Crippen molar-refractivity contribution in [1.29, 1.82) is 0 Å². The summed E-state index contributed by atoms with van der Waals surface area (Å²) in [5, 5.41) is 7.40. The molecule has 1 aliphatic rings. The molecule has 0 amide bonds. The van der Waals surface area contributed by atoms with Crippen LogP contribution in [0.5, 0.6) is 0 Å². The fourth-order valence-electron chi connectivity index (χ4n) is 2.21. The summed E-state index contributed by atoms with van der Waals surface area (Å²) >= 11 is 5.28. The Balaban J connectivity index is 1.60. The molecular weight excluding hydrogens is 232 g/mol. The molecule has 2 rings (SSSR count). The third-order valence-electron chi connectivity index (χ3n) is 3.14. The van der Waals surface area contributed by atoms with Gasteiger partial charge in [0, 0.05) is 31.4 Å². The van der Waals surface area contributed by atoms with E-state index >= 15 is 0 Å². The van der Waals surface area contributed by atoms with Gasteiger partial charge in [-0.3, -0.25) is 0 Å². The monoisotopic (exact) mass is 252 g/mol. The molecule has 4 nitrogen and oxygen atoms in total. The average molecular weight is 252 g/mol. The second-order valence-electron chi connectivity index (χ2n) is 4.52. The van der Waals surface area contributed by atoms with Crippen molar-refractivity contribution in [3.63, 3.8) is 0 Å². The van der Waals surface area contributed by atoms with Gasteiger partial charge in [0.1, 0.15) is 5.82 Å². The number of nitrogens with zero attached hydrogens (tertiary/aromatic N) is 1. The number of rotatable bonds is 4. The van der Waals surface area contributed by atoms with Crippen molar-refractivity contribution in [1.82, 2.24) is 20.6 Å². The van der Waals surface area contributed by atoms with Gasteiger partial charge in [0.15, 0.2) is 5.11 Å². The molecule has 0 atom stereocenters. The van der Waals surface area contributed by atoms with Crippen LogP contribution in [0.1, 0.15) is 37.9 Å². The Hall–Kier alpha value is -1.10. The highest BCUT2D eigenvalue weighted by atomic mass is 32.1. The summed E-state index contributed by atoms with van der Waals surface area (Å²) in [7, 11) is 0. The van der Waals surface area contributed by atoms with Crippen molar-refractivity contribution in [2.45, 2.75) is 44.6 Å². The lowest BCUT2D eigenvalue weighted by Crippen LogP contribution is -2.43. The molecule has 17 heavy (non-hydrogen) atoms. The van der Waals surface area contributed by atoms with E-state index in [1.807, 2.05) is 6.20 Å². The van der Waals surface area contributed by atoms with Crippen LogP contribution in [0.25, 0.3) is 0 Å². The molecule has 1 saturated carbocycles. The first kappa shape index (κ1) is 12.4. The van der Waals surface area contributed by atoms with Crippen molar-refractivity contribution in [3.8, 4) is 0 Å². The molecule has 94 valence electrons. The minimum atomic E-state index is 0.576. The predicted molar refractivity (Wildman–Crippen MR) is 72.9 cm³/mol. The number of hydrogen-bond donors (Lipinski definition) is 3. The Morgan fingerprint density at radius 1 is 1.41 bits per heavy atom. The molecule has 1 aliphatic carbocycles. The highest BCUT2D eigenvalue weighted by Crippen LogP contribution is 2.17. The van der Waals surface area contributed by atoms with E-state index in [2.05, 4.69) is 20.6 Å². The first-order chi connectivity index (χ1) is 8.34. The third-order valence-corrected chi connectivity index (χ3v) is 3.40. The molecule has 0 unspecified atom stereocenters. The van der Waals surface area contributed by atoms with Gasteiger partial charge < -0.3 is 15.6 Å². The molecule has 3 N–H and O–H groups in total. The van der Waals surface area contributed by atoms with Gasteiger partial charge in [-0.25, -0.2) is 4.98 Å². The van der Waals surface area contributed by atoms with Crippen molar-refractivity contribution >= 4 is 17.3 Å². The van der Waals surface area contributed by atoms with Gasteiger partial charge in [-0.05, 0) is 25.1 Å². The van der Waals surface area contributed by atoms with Crippen LogP contribution < -0.4 is 10.6 Å². The van der Waals surface area contributed by atoms with Crippen molar-refractivity contribution in [3.05, 3.63) is 18.2 Å². The van der Waals surface area contributed by atoms with Crippen LogP contribution in [0.4, 0.5) is 0 Å². The average Bonchev–Trinajstić information content (AvgIpc) is 2.83. The Morgan fingerprint density at radius 3 is 2.94 bits per heavy atom. The molecule has 0 radical (unpaired) electrons. The maximum atomic E-state index is 5.28. The van der Waals surface area contributed by atoms with Gasteiger partial charge in [-0.2, -0.15) is 0 Å². The van der Waals surface area contributed by atoms with Crippen LogP contribution in [0, 0.1) is 0 Å². The lowest BCUT2D eigenvalue weighted by molar-refractivity contribution is 0.412. The molecule has 1 fully saturated rings. The van der Waals surface area contributed by atoms with E-state index in [4.69, 9.17) is 12.2 Å². The molecule has 0 spiro atoms. The Labute approximate surface area is 108 Å². The summed E-state index contributed by atoms with van der Waals surface area (Å²) in [6, 6.07) is 0.576. The number of nitrogens with one attached hydrogen (secondary N) is 3. The number of hydrogen-bond acceptors (Lipinski definition) is 2. The fraction of sp³-hybridized carbons (Fsp3) is 0.667. The van der Waals surface area contributed by atoms with Gasteiger partial charge in [0.2, 0.25) is 0 Å². The highest BCUT2D eigenvalue weighted by Gasteiger charge is 2.13. The Kier molecular flexibility index (Phi) is 4.79. The van der Waals surface area contributed by atoms with Crippen molar-refractivity contribution in [2.24, 2.45) is 0 Å². The second-order valence-corrected chi connectivity index (χ2v) is 4.93. The number of imidazole rings is 1. The lowest BCUT2D eigenvalue weighted by Gasteiger charge is -2.24. The van der Waals surface area contributed by atoms with Gasteiger partial charge >= 0.3 is 0 Å². The normalized spacial score (nSPS) is 16.7. The van der Waals surface area contributed by atoms with Gasteiger partial charge in [0.25, 0.3) is 0 Å². The molecule has 0 aliphatic heterocycles. The first-order valence-corrected chi connectivity index (χ1v) is 6.78. The number of thiocarbonyl (C=S) groups is 1. The summed E-state index contributed by atoms with van der Waals surface area (Å²) < 4.78 is 0. The lowest BCUT2D eigenvalue weighted by atomic mass is 9.96. The summed E-state index contributed by atoms with van der Waals surface area (Å²) in [6.45, 7) is 0.825. The third kappa shape index (κ3) is 4.34. The minimum Gasteiger partial charge on any atom is -0.362 e. The van der Waals surface area contributed by atoms with Crippen LogP contribution in [0.3, 0.4) is 0 Å². The summed E-state index contributed by atoms with van der Waals surface area (Å²) in [4.78, 5) is 7.25. The summed E-state index contributed by atoms with van der Waals surface area (Å²) in [6.07, 6.45) is 11.0. The van der Waals surface area contributed by atoms with Crippen LogP contribution >= 0.6 is 12.2 Å². The molecule has 1 heterocycles. The van der Waals surface area contributed by atoms with Gasteiger partial charge in [-0.1, -0.05) is 19.3 Å². The molecule has 0 aromatic carbocycles. The Bertz CT molecular complexity index is 330. The number of H-pyrrole nitrogens is 1. The van der Waals surface area contributed by atoms with Gasteiger partial charge in [-0.15, -0.1) is 0 Å². The summed E-state index contributed by atoms with van der Waals surface area (Å²) in [5.74, 6) is 0.998. The first-order valence-electron chi connectivity index (χ1n) is 6.37. The minimum absolute atomic E-state index is 0.576. The number of aromatic amines is 1. The van der Waals surface area contributed by atoms with E-state index < -0.39 is 0 Å². The van der Waals surface area contributed by atoms with Crippen LogP contribution in [-0.4, -0.2) is 27.7 Å². The van der Waals surface area contributed by atoms with E-state index in [0.717, 1.165) is 23.9 Å². The number of aromatic nitrogens is 2. The zero-order valence-electron chi connectivity index (χ0n) is 10.0. The van der Waals surface area contributed by atoms with E-state index in [1.165, 1.54) is 32.1 Å². The second kappa shape index (κ2) is 6.59. The van der Waals surface area contributed by atoms with Crippen molar-refractivity contribution in [2.75, 3.05) is 6.54 Å². The van der Waals surface area contributed by atoms with E-state index in [1.54, 1.807) is 6.20 Å². The zero-order chi connectivity index (χ0) is 11.9. The van der Waals surface area contributed by atoms with Crippen LogP contribution in [0.15, 0.2) is 12.4 Å². The van der Waals surface area contributed by atoms with Crippen molar-refractivity contribution < 1.29 is 0 Å². The van der Waals surface area contributed by atoms with E-state index in [0.29, 0.717) is 6.04 Å². The molecule has 0 saturated heterocycles. The van der Waals surface area contributed by atoms with Gasteiger partial charge in [0.05, 0.1) is 0 Å². The molecule has 1 aromatic heterocycles. The Morgan fingerprint density at radius 2 is 2.24 bits per heavy atom. The maximum absolute atomic E-state index is 5.28. The quantitative estimate of drug-likeness (QED) is 0.715. The van der Waals surface area contributed by atoms with Crippen LogP contribution in [-0.2, 0) is 6.42 Å². The van der Waals surface area contributed by atoms with Crippen LogP contribution in [0.2, 0.25) is 0 Å². The molecule has 1 aromatic rings. The highest BCUT2D eigenvalue weighted by molar-refractivity contribution is 7.80. The topological polar surface area (TPSA) is 52.7 Å². The zero-order valence-corrected chi connectivity index (χ0v) is 10.9. The SMILES string of the molecule is S=C(NCCc1ncc[nH]1)NC1CCCCC1. The predicted octanol–water partition coefficient (Wildman–Crippen LogP) is 1.75. The van der Waals surface area contributed by atoms with E-state index in [9.17, 15) is 0 Å². The standard InChI is InChI=1S/C12H20N4S/c17-12(16-10-4-2-1-3-5-10)15-7-6-11-13-8-9-14-11/h8-10H,1-7H2,(H,13,14)(H2,15,16,17). The largest absolute Gasteiger partial charge is 0.362 e. The molecule has 5 heteroatoms. The molecule has 0 bridgehead atoms.